The molecule has 0 radical (unpaired) electrons. The highest BCUT2D eigenvalue weighted by atomic mass is 19.1. The van der Waals surface area contributed by atoms with E-state index in [1.807, 2.05) is 0 Å². The number of likely N-dealkylation sites (tertiary alicyclic amines) is 1. The van der Waals surface area contributed by atoms with Gasteiger partial charge in [0.2, 0.25) is 5.75 Å². The summed E-state index contributed by atoms with van der Waals surface area (Å²) in [6.45, 7) is 0.495. The van der Waals surface area contributed by atoms with Gasteiger partial charge in [0.15, 0.2) is 5.69 Å². The Kier molecular flexibility index (Phi) is 5.97. The Balaban J connectivity index is 1.59. The maximum atomic E-state index is 13.0. The predicted octanol–water partition coefficient (Wildman–Crippen LogP) is 1.64. The molecule has 1 saturated heterocycles. The van der Waals surface area contributed by atoms with Crippen molar-refractivity contribution < 1.29 is 19.1 Å². The molecule has 11 heteroatoms. The van der Waals surface area contributed by atoms with Gasteiger partial charge in [0.05, 0.1) is 18.6 Å². The van der Waals surface area contributed by atoms with Crippen LogP contribution >= 0.6 is 0 Å². The van der Waals surface area contributed by atoms with E-state index >= 15 is 0 Å². The number of aromatic nitrogens is 4. The topological polar surface area (TPSA) is 144 Å². The van der Waals surface area contributed by atoms with E-state index in [2.05, 4.69) is 25.3 Å². The van der Waals surface area contributed by atoms with Crippen LogP contribution in [0.25, 0.3) is 0 Å². The van der Waals surface area contributed by atoms with Crippen molar-refractivity contribution in [2.24, 2.45) is 0 Å². The third-order valence-electron chi connectivity index (χ3n) is 5.30. The Bertz CT molecular complexity index is 1180. The first-order valence-electron chi connectivity index (χ1n) is 10.1. The molecule has 0 saturated carbocycles. The summed E-state index contributed by atoms with van der Waals surface area (Å²) in [4.78, 5) is 52.7. The lowest BCUT2D eigenvalue weighted by atomic mass is 10.0. The number of imidazole rings is 1. The first kappa shape index (κ1) is 21.2. The lowest BCUT2D eigenvalue weighted by Gasteiger charge is -2.34. The minimum atomic E-state index is -0.874. The number of carbonyl (C=O) groups excluding carboxylic acids is 2. The zero-order valence-electron chi connectivity index (χ0n) is 17.0. The number of aromatic hydroxyl groups is 1. The van der Waals surface area contributed by atoms with Gasteiger partial charge in [-0.25, -0.2) is 14.4 Å². The predicted molar refractivity (Wildman–Crippen MR) is 110 cm³/mol. The maximum Gasteiger partial charge on any atom is 0.294 e. The van der Waals surface area contributed by atoms with E-state index < -0.39 is 34.8 Å². The van der Waals surface area contributed by atoms with Crippen LogP contribution in [0.4, 0.5) is 4.39 Å². The van der Waals surface area contributed by atoms with E-state index in [4.69, 9.17) is 0 Å². The fourth-order valence-corrected chi connectivity index (χ4v) is 3.66. The number of hydrogen-bond acceptors (Lipinski definition) is 6. The third-order valence-corrected chi connectivity index (χ3v) is 5.30. The molecule has 166 valence electrons. The van der Waals surface area contributed by atoms with Crippen LogP contribution in [0.2, 0.25) is 0 Å². The van der Waals surface area contributed by atoms with Crippen LogP contribution in [0, 0.1) is 5.82 Å². The summed E-state index contributed by atoms with van der Waals surface area (Å²) in [5, 5.41) is 12.7. The number of H-pyrrole nitrogens is 2. The molecule has 2 amide bonds. The quantitative estimate of drug-likeness (QED) is 0.475. The summed E-state index contributed by atoms with van der Waals surface area (Å²) >= 11 is 0. The maximum absolute atomic E-state index is 13.0. The average molecular weight is 440 g/mol. The number of carbonyl (C=O) groups is 2. The van der Waals surface area contributed by atoms with Gasteiger partial charge in [-0.05, 0) is 37.0 Å². The molecular formula is C21H21FN6O4. The second kappa shape index (κ2) is 9.00. The van der Waals surface area contributed by atoms with E-state index in [0.717, 1.165) is 12.8 Å². The minimum Gasteiger partial charge on any atom is -0.501 e. The summed E-state index contributed by atoms with van der Waals surface area (Å²) in [6.07, 6.45) is 4.92. The number of aromatic amines is 2. The van der Waals surface area contributed by atoms with Crippen LogP contribution in [-0.2, 0) is 6.54 Å². The van der Waals surface area contributed by atoms with Gasteiger partial charge in [-0.1, -0.05) is 12.1 Å². The largest absolute Gasteiger partial charge is 0.501 e. The first-order chi connectivity index (χ1) is 15.4. The van der Waals surface area contributed by atoms with Gasteiger partial charge in [0.25, 0.3) is 17.4 Å². The molecule has 1 unspecified atom stereocenters. The number of rotatable bonds is 5. The van der Waals surface area contributed by atoms with Crippen molar-refractivity contribution in [3.8, 4) is 5.75 Å². The number of nitrogens with one attached hydrogen (secondary N) is 3. The van der Waals surface area contributed by atoms with E-state index in [9.17, 15) is 23.9 Å². The molecule has 32 heavy (non-hydrogen) atoms. The van der Waals surface area contributed by atoms with Crippen molar-refractivity contribution >= 4 is 11.8 Å². The number of hydrogen-bond donors (Lipinski definition) is 4. The standard InChI is InChI=1S/C21H21FN6O4/c22-13-6-4-12(5-7-13)9-24-19(30)16-17(29)20(31)27-18(26-16)15-3-1-2-8-28(15)21(32)14-10-23-11-25-14/h4-7,10-11,15,29H,1-3,8-9H2,(H,23,25)(H,24,30)(H,26,27,31). The monoisotopic (exact) mass is 440 g/mol. The lowest BCUT2D eigenvalue weighted by molar-refractivity contribution is 0.0593. The summed E-state index contributed by atoms with van der Waals surface area (Å²) in [7, 11) is 0. The van der Waals surface area contributed by atoms with Crippen molar-refractivity contribution in [3.63, 3.8) is 0 Å². The van der Waals surface area contributed by atoms with Gasteiger partial charge < -0.3 is 25.3 Å². The molecule has 3 aromatic rings. The Morgan fingerprint density at radius 2 is 2.03 bits per heavy atom. The van der Waals surface area contributed by atoms with Crippen molar-refractivity contribution in [3.05, 3.63) is 75.7 Å². The molecule has 0 aliphatic carbocycles. The Morgan fingerprint density at radius 1 is 1.25 bits per heavy atom. The smallest absolute Gasteiger partial charge is 0.294 e. The first-order valence-corrected chi connectivity index (χ1v) is 10.1. The lowest BCUT2D eigenvalue weighted by Crippen LogP contribution is -2.40. The minimum absolute atomic E-state index is 0.0518. The van der Waals surface area contributed by atoms with Crippen molar-refractivity contribution in [2.45, 2.75) is 31.8 Å². The molecule has 2 aromatic heterocycles. The van der Waals surface area contributed by atoms with Crippen LogP contribution in [-0.4, -0.2) is 48.3 Å². The summed E-state index contributed by atoms with van der Waals surface area (Å²) in [6, 6.07) is 4.96. The summed E-state index contributed by atoms with van der Waals surface area (Å²) in [5.41, 5.74) is -0.380. The molecule has 4 rings (SSSR count). The fraction of sp³-hybridized carbons (Fsp3) is 0.286. The van der Waals surface area contributed by atoms with Crippen LogP contribution in [0.3, 0.4) is 0 Å². The molecule has 1 aromatic carbocycles. The molecule has 1 fully saturated rings. The van der Waals surface area contributed by atoms with Gasteiger partial charge in [0, 0.05) is 13.1 Å². The Labute approximate surface area is 181 Å². The van der Waals surface area contributed by atoms with Crippen LogP contribution < -0.4 is 10.9 Å². The van der Waals surface area contributed by atoms with Gasteiger partial charge in [-0.2, -0.15) is 0 Å². The second-order valence-electron chi connectivity index (χ2n) is 7.43. The van der Waals surface area contributed by atoms with Crippen LogP contribution in [0.1, 0.15) is 57.7 Å². The number of amides is 2. The van der Waals surface area contributed by atoms with Crippen molar-refractivity contribution in [1.82, 2.24) is 30.2 Å². The zero-order valence-corrected chi connectivity index (χ0v) is 17.0. The van der Waals surface area contributed by atoms with Crippen LogP contribution in [0.5, 0.6) is 5.75 Å². The summed E-state index contributed by atoms with van der Waals surface area (Å²) in [5.74, 6) is -2.16. The summed E-state index contributed by atoms with van der Waals surface area (Å²) < 4.78 is 13.0. The van der Waals surface area contributed by atoms with E-state index in [1.165, 1.54) is 36.8 Å². The SMILES string of the molecule is O=C(NCc1ccc(F)cc1)c1nc(C2CCCCN2C(=O)c2cnc[nH]2)[nH]c(=O)c1O. The van der Waals surface area contributed by atoms with E-state index in [-0.39, 0.29) is 18.3 Å². The number of benzene rings is 1. The molecule has 0 bridgehead atoms. The second-order valence-corrected chi connectivity index (χ2v) is 7.43. The molecule has 1 aliphatic rings. The van der Waals surface area contributed by atoms with Gasteiger partial charge in [-0.15, -0.1) is 0 Å². The molecule has 10 nitrogen and oxygen atoms in total. The number of piperidine rings is 1. The van der Waals surface area contributed by atoms with E-state index in [0.29, 0.717) is 24.2 Å². The Hall–Kier alpha value is -4.02. The molecule has 1 atom stereocenters. The van der Waals surface area contributed by atoms with Gasteiger partial charge in [0.1, 0.15) is 17.3 Å². The third kappa shape index (κ3) is 4.36. The highest BCUT2D eigenvalue weighted by Crippen LogP contribution is 2.30. The van der Waals surface area contributed by atoms with Crippen molar-refractivity contribution in [2.75, 3.05) is 6.54 Å². The molecular weight excluding hydrogens is 419 g/mol. The van der Waals surface area contributed by atoms with Gasteiger partial charge in [-0.3, -0.25) is 14.4 Å². The highest BCUT2D eigenvalue weighted by Gasteiger charge is 2.32. The average Bonchev–Trinajstić information content (AvgIpc) is 3.35. The normalized spacial score (nSPS) is 16.0. The zero-order chi connectivity index (χ0) is 22.7. The number of nitrogens with zero attached hydrogens (tertiary/aromatic N) is 3. The molecule has 1 aliphatic heterocycles. The van der Waals surface area contributed by atoms with Crippen LogP contribution in [0.15, 0.2) is 41.6 Å². The van der Waals surface area contributed by atoms with E-state index in [1.54, 1.807) is 4.90 Å². The molecule has 4 N–H and O–H groups in total. The van der Waals surface area contributed by atoms with Gasteiger partial charge >= 0.3 is 0 Å². The fourth-order valence-electron chi connectivity index (χ4n) is 3.66. The Morgan fingerprint density at radius 3 is 2.75 bits per heavy atom. The number of halogens is 1. The molecule has 0 spiro atoms. The highest BCUT2D eigenvalue weighted by molar-refractivity contribution is 5.95. The van der Waals surface area contributed by atoms with Crippen molar-refractivity contribution in [1.29, 1.82) is 0 Å². The molecule has 3 heterocycles.